The third kappa shape index (κ3) is 1.38. The summed E-state index contributed by atoms with van der Waals surface area (Å²) in [5.74, 6) is 2.87. The number of hydrogen-bond donors (Lipinski definition) is 0. The average Bonchev–Trinajstić information content (AvgIpc) is 2.85. The lowest BCUT2D eigenvalue weighted by atomic mass is 10.1. The van der Waals surface area contributed by atoms with E-state index in [9.17, 15) is 0 Å². The number of hydrogen-bond acceptors (Lipinski definition) is 2. The highest BCUT2D eigenvalue weighted by molar-refractivity contribution is 9.10. The van der Waals surface area contributed by atoms with Crippen LogP contribution < -0.4 is 4.74 Å². The lowest BCUT2D eigenvalue weighted by Crippen LogP contribution is -1.97. The summed E-state index contributed by atoms with van der Waals surface area (Å²) >= 11 is 5.09. The topological polar surface area (TPSA) is 9.23 Å². The second kappa shape index (κ2) is 3.04. The molecule has 68 valence electrons. The van der Waals surface area contributed by atoms with Crippen molar-refractivity contribution < 1.29 is 4.74 Å². The van der Waals surface area contributed by atoms with Gasteiger partial charge in [0.25, 0.3) is 0 Å². The van der Waals surface area contributed by atoms with E-state index in [-0.39, 0.29) is 5.41 Å². The Hall–Kier alpha value is -0.460. The predicted octanol–water partition coefficient (Wildman–Crippen LogP) is 3.18. The van der Waals surface area contributed by atoms with Gasteiger partial charge in [-0.3, -0.25) is 0 Å². The van der Waals surface area contributed by atoms with Crippen molar-refractivity contribution >= 4 is 27.3 Å². The van der Waals surface area contributed by atoms with Gasteiger partial charge in [0.15, 0.2) is 5.06 Å². The Kier molecular flexibility index (Phi) is 2.13. The molecule has 1 aliphatic carbocycles. The fourth-order valence-corrected chi connectivity index (χ4v) is 3.17. The van der Waals surface area contributed by atoms with E-state index in [0.717, 1.165) is 22.4 Å². The quantitative estimate of drug-likeness (QED) is 0.739. The predicted molar refractivity (Wildman–Crippen MR) is 58.3 cm³/mol. The highest BCUT2D eigenvalue weighted by atomic mass is 79.9. The van der Waals surface area contributed by atoms with Gasteiger partial charge in [-0.05, 0) is 34.8 Å². The van der Waals surface area contributed by atoms with Crippen LogP contribution in [-0.2, 0) is 5.41 Å². The number of rotatable bonds is 2. The molecule has 1 aliphatic rings. The smallest absolute Gasteiger partial charge is 0.188 e. The Morgan fingerprint density at radius 1 is 1.69 bits per heavy atom. The van der Waals surface area contributed by atoms with E-state index in [4.69, 9.17) is 11.2 Å². The maximum Gasteiger partial charge on any atom is 0.188 e. The molecular formula is C10H9BrOS. The van der Waals surface area contributed by atoms with Crippen LogP contribution >= 0.6 is 27.3 Å². The molecule has 1 heterocycles. The van der Waals surface area contributed by atoms with E-state index >= 15 is 0 Å². The van der Waals surface area contributed by atoms with E-state index in [1.165, 1.54) is 4.88 Å². The summed E-state index contributed by atoms with van der Waals surface area (Å²) < 4.78 is 6.21. The van der Waals surface area contributed by atoms with Crippen LogP contribution in [0.3, 0.4) is 0 Å². The van der Waals surface area contributed by atoms with Gasteiger partial charge in [0.05, 0.1) is 17.0 Å². The van der Waals surface area contributed by atoms with E-state index in [1.807, 2.05) is 0 Å². The standard InChI is InChI=1S/C10H9BrOS/c1-3-10(4-5-10)8-6-7(11)9(12-2)13-8/h1,6H,4-5H2,2H3. The van der Waals surface area contributed by atoms with Gasteiger partial charge in [-0.1, -0.05) is 5.92 Å². The molecule has 0 unspecified atom stereocenters. The largest absolute Gasteiger partial charge is 0.486 e. The molecule has 1 fully saturated rings. The van der Waals surface area contributed by atoms with Crippen LogP contribution in [0.4, 0.5) is 0 Å². The van der Waals surface area contributed by atoms with Crippen molar-refractivity contribution in [3.8, 4) is 17.4 Å². The van der Waals surface area contributed by atoms with Gasteiger partial charge in [-0.25, -0.2) is 0 Å². The van der Waals surface area contributed by atoms with Crippen molar-refractivity contribution in [2.24, 2.45) is 0 Å². The molecule has 0 N–H and O–H groups in total. The fraction of sp³-hybridized carbons (Fsp3) is 0.400. The van der Waals surface area contributed by atoms with Crippen LogP contribution in [0.15, 0.2) is 10.5 Å². The van der Waals surface area contributed by atoms with Gasteiger partial charge >= 0.3 is 0 Å². The van der Waals surface area contributed by atoms with Crippen LogP contribution in [0.2, 0.25) is 0 Å². The molecule has 0 atom stereocenters. The van der Waals surface area contributed by atoms with Gasteiger partial charge in [0.2, 0.25) is 0 Å². The second-order valence-electron chi connectivity index (χ2n) is 3.18. The van der Waals surface area contributed by atoms with Crippen molar-refractivity contribution in [3.63, 3.8) is 0 Å². The molecule has 3 heteroatoms. The molecular weight excluding hydrogens is 248 g/mol. The van der Waals surface area contributed by atoms with Crippen LogP contribution in [0.1, 0.15) is 17.7 Å². The normalized spacial score (nSPS) is 17.9. The first-order valence-electron chi connectivity index (χ1n) is 4.03. The number of halogens is 1. The number of ether oxygens (including phenoxy) is 1. The second-order valence-corrected chi connectivity index (χ2v) is 5.05. The minimum atomic E-state index is 0.0317. The monoisotopic (exact) mass is 256 g/mol. The highest BCUT2D eigenvalue weighted by Crippen LogP contribution is 2.52. The van der Waals surface area contributed by atoms with Crippen molar-refractivity contribution in [1.29, 1.82) is 0 Å². The zero-order valence-corrected chi connectivity index (χ0v) is 9.67. The maximum absolute atomic E-state index is 5.50. The van der Waals surface area contributed by atoms with Crippen molar-refractivity contribution in [2.45, 2.75) is 18.3 Å². The minimum Gasteiger partial charge on any atom is -0.486 e. The molecule has 0 saturated heterocycles. The summed E-state index contributed by atoms with van der Waals surface area (Å²) in [7, 11) is 1.68. The van der Waals surface area contributed by atoms with E-state index in [2.05, 4.69) is 27.9 Å². The Morgan fingerprint density at radius 3 is 2.77 bits per heavy atom. The summed E-state index contributed by atoms with van der Waals surface area (Å²) in [5, 5.41) is 0.913. The Balaban J connectivity index is 2.38. The van der Waals surface area contributed by atoms with E-state index < -0.39 is 0 Å². The lowest BCUT2D eigenvalue weighted by Gasteiger charge is -2.01. The molecule has 0 radical (unpaired) electrons. The molecule has 0 bridgehead atoms. The van der Waals surface area contributed by atoms with Crippen LogP contribution in [0, 0.1) is 12.3 Å². The number of thiophene rings is 1. The third-order valence-electron chi connectivity index (χ3n) is 2.34. The molecule has 0 aliphatic heterocycles. The van der Waals surface area contributed by atoms with Crippen LogP contribution in [0.5, 0.6) is 5.06 Å². The molecule has 1 saturated carbocycles. The molecule has 0 spiro atoms. The van der Waals surface area contributed by atoms with Gasteiger partial charge in [-0.2, -0.15) is 0 Å². The lowest BCUT2D eigenvalue weighted by molar-refractivity contribution is 0.425. The first-order chi connectivity index (χ1) is 6.22. The summed E-state index contributed by atoms with van der Waals surface area (Å²) in [4.78, 5) is 1.25. The molecule has 1 nitrogen and oxygen atoms in total. The van der Waals surface area contributed by atoms with Gasteiger partial charge in [0.1, 0.15) is 0 Å². The molecule has 1 aromatic heterocycles. The van der Waals surface area contributed by atoms with E-state index in [0.29, 0.717) is 0 Å². The molecule has 0 aromatic carbocycles. The molecule has 13 heavy (non-hydrogen) atoms. The molecule has 2 rings (SSSR count). The first-order valence-corrected chi connectivity index (χ1v) is 5.64. The zero-order chi connectivity index (χ0) is 9.47. The van der Waals surface area contributed by atoms with Gasteiger partial charge in [-0.15, -0.1) is 17.8 Å². The SMILES string of the molecule is C#CC1(c2cc(Br)c(OC)s2)CC1. The zero-order valence-electron chi connectivity index (χ0n) is 7.26. The van der Waals surface area contributed by atoms with Crippen LogP contribution in [-0.4, -0.2) is 7.11 Å². The molecule has 1 aromatic rings. The molecule has 0 amide bonds. The summed E-state index contributed by atoms with van der Waals surface area (Å²) in [6.45, 7) is 0. The number of methoxy groups -OCH3 is 1. The van der Waals surface area contributed by atoms with Crippen molar-refractivity contribution in [2.75, 3.05) is 7.11 Å². The minimum absolute atomic E-state index is 0.0317. The van der Waals surface area contributed by atoms with E-state index in [1.54, 1.807) is 18.4 Å². The fourth-order valence-electron chi connectivity index (χ4n) is 1.31. The number of terminal acetylenes is 1. The summed E-state index contributed by atoms with van der Waals surface area (Å²) in [5.41, 5.74) is 0.0317. The average molecular weight is 257 g/mol. The Morgan fingerprint density at radius 2 is 2.38 bits per heavy atom. The van der Waals surface area contributed by atoms with Gasteiger partial charge in [0, 0.05) is 4.88 Å². The van der Waals surface area contributed by atoms with Gasteiger partial charge < -0.3 is 4.74 Å². The highest BCUT2D eigenvalue weighted by Gasteiger charge is 2.44. The first kappa shape index (κ1) is 9.11. The third-order valence-corrected chi connectivity index (χ3v) is 4.49. The van der Waals surface area contributed by atoms with Crippen molar-refractivity contribution in [1.82, 2.24) is 0 Å². The Labute approximate surface area is 90.2 Å². The maximum atomic E-state index is 5.50. The Bertz CT molecular complexity index is 371. The summed E-state index contributed by atoms with van der Waals surface area (Å²) in [6, 6.07) is 2.08. The summed E-state index contributed by atoms with van der Waals surface area (Å²) in [6.07, 6.45) is 7.72. The van der Waals surface area contributed by atoms with Crippen molar-refractivity contribution in [3.05, 3.63) is 15.4 Å². The van der Waals surface area contributed by atoms with Crippen LogP contribution in [0.25, 0.3) is 0 Å².